The molecule has 0 saturated heterocycles. The molecule has 0 bridgehead atoms. The molecule has 0 radical (unpaired) electrons. The van der Waals surface area contributed by atoms with Crippen LogP contribution in [0, 0.1) is 5.41 Å². The third kappa shape index (κ3) is 3.86. The average molecular weight is 222 g/mol. The van der Waals surface area contributed by atoms with Crippen molar-refractivity contribution < 1.29 is 4.74 Å². The molecule has 1 heterocycles. The molecule has 3 N–H and O–H groups in total. The molecule has 0 saturated carbocycles. The molecule has 16 heavy (non-hydrogen) atoms. The van der Waals surface area contributed by atoms with Gasteiger partial charge >= 0.3 is 0 Å². The summed E-state index contributed by atoms with van der Waals surface area (Å²) in [6.45, 7) is 1.54. The third-order valence-corrected chi connectivity index (χ3v) is 2.05. The van der Waals surface area contributed by atoms with Crippen LogP contribution in [0.5, 0.6) is 5.88 Å². The highest BCUT2D eigenvalue weighted by Gasteiger charge is 2.06. The van der Waals surface area contributed by atoms with Crippen LogP contribution in [0.4, 0.5) is 0 Å². The predicted octanol–water partition coefficient (Wildman–Crippen LogP) is 0.696. The maximum absolute atomic E-state index is 7.37. The van der Waals surface area contributed by atoms with Crippen LogP contribution in [0.15, 0.2) is 18.3 Å². The molecule has 0 spiro atoms. The Hall–Kier alpha value is -1.62. The summed E-state index contributed by atoms with van der Waals surface area (Å²) < 4.78 is 5.49. The van der Waals surface area contributed by atoms with Gasteiger partial charge in [-0.2, -0.15) is 0 Å². The summed E-state index contributed by atoms with van der Waals surface area (Å²) in [5.74, 6) is 0.421. The number of nitrogens with one attached hydrogen (secondary N) is 1. The number of nitrogens with two attached hydrogens (primary N) is 1. The number of pyridine rings is 1. The SMILES string of the molecule is CN(C)CCCOc1ncccc1C(=N)N. The molecule has 1 aromatic heterocycles. The zero-order valence-electron chi connectivity index (χ0n) is 9.73. The molecule has 0 unspecified atom stereocenters. The monoisotopic (exact) mass is 222 g/mol. The van der Waals surface area contributed by atoms with Crippen molar-refractivity contribution in [2.75, 3.05) is 27.2 Å². The van der Waals surface area contributed by atoms with E-state index in [0.29, 0.717) is 18.1 Å². The first-order valence-corrected chi connectivity index (χ1v) is 5.18. The molecule has 0 aliphatic rings. The van der Waals surface area contributed by atoms with Crippen molar-refractivity contribution in [3.8, 4) is 5.88 Å². The van der Waals surface area contributed by atoms with Crippen LogP contribution in [-0.2, 0) is 0 Å². The largest absolute Gasteiger partial charge is 0.477 e. The molecule has 5 heteroatoms. The van der Waals surface area contributed by atoms with E-state index in [1.807, 2.05) is 14.1 Å². The molecule has 0 aromatic carbocycles. The Morgan fingerprint density at radius 2 is 2.31 bits per heavy atom. The number of ether oxygens (including phenoxy) is 1. The minimum absolute atomic E-state index is 0.0179. The van der Waals surface area contributed by atoms with Gasteiger partial charge in [-0.1, -0.05) is 0 Å². The fourth-order valence-electron chi connectivity index (χ4n) is 1.26. The van der Waals surface area contributed by atoms with Crippen molar-refractivity contribution in [2.45, 2.75) is 6.42 Å². The first-order valence-electron chi connectivity index (χ1n) is 5.18. The first-order chi connectivity index (χ1) is 7.61. The topological polar surface area (TPSA) is 75.2 Å². The number of hydrogen-bond donors (Lipinski definition) is 2. The number of amidine groups is 1. The van der Waals surface area contributed by atoms with E-state index >= 15 is 0 Å². The van der Waals surface area contributed by atoms with Crippen LogP contribution in [0.25, 0.3) is 0 Å². The van der Waals surface area contributed by atoms with Gasteiger partial charge in [-0.15, -0.1) is 0 Å². The van der Waals surface area contributed by atoms with Crippen LogP contribution in [0.3, 0.4) is 0 Å². The lowest BCUT2D eigenvalue weighted by Crippen LogP contribution is -2.17. The van der Waals surface area contributed by atoms with Gasteiger partial charge in [0.05, 0.1) is 12.2 Å². The van der Waals surface area contributed by atoms with Crippen molar-refractivity contribution >= 4 is 5.84 Å². The van der Waals surface area contributed by atoms with E-state index in [2.05, 4.69) is 9.88 Å². The summed E-state index contributed by atoms with van der Waals surface area (Å²) in [5.41, 5.74) is 5.97. The summed E-state index contributed by atoms with van der Waals surface area (Å²) >= 11 is 0. The standard InChI is InChI=1S/C11H18N4O/c1-15(2)7-4-8-16-11-9(10(12)13)5-3-6-14-11/h3,5-6H,4,7-8H2,1-2H3,(H3,12,13). The van der Waals surface area contributed by atoms with Crippen molar-refractivity contribution in [3.05, 3.63) is 23.9 Å². The Bertz CT molecular complexity index is 352. The van der Waals surface area contributed by atoms with Crippen molar-refractivity contribution in [1.29, 1.82) is 5.41 Å². The van der Waals surface area contributed by atoms with Gasteiger partial charge in [-0.3, -0.25) is 5.41 Å². The van der Waals surface area contributed by atoms with E-state index in [1.165, 1.54) is 0 Å². The smallest absolute Gasteiger partial charge is 0.224 e. The van der Waals surface area contributed by atoms with Crippen LogP contribution in [0.2, 0.25) is 0 Å². The van der Waals surface area contributed by atoms with Gasteiger partial charge in [0.15, 0.2) is 0 Å². The maximum Gasteiger partial charge on any atom is 0.224 e. The molecule has 0 amide bonds. The molecule has 5 nitrogen and oxygen atoms in total. The minimum Gasteiger partial charge on any atom is -0.477 e. The molecule has 0 atom stereocenters. The summed E-state index contributed by atoms with van der Waals surface area (Å²) in [5, 5.41) is 7.37. The third-order valence-electron chi connectivity index (χ3n) is 2.05. The Morgan fingerprint density at radius 1 is 1.56 bits per heavy atom. The fourth-order valence-corrected chi connectivity index (χ4v) is 1.26. The van der Waals surface area contributed by atoms with Crippen LogP contribution >= 0.6 is 0 Å². The van der Waals surface area contributed by atoms with Gasteiger partial charge in [0.25, 0.3) is 0 Å². The predicted molar refractivity (Wildman–Crippen MR) is 63.9 cm³/mol. The van der Waals surface area contributed by atoms with Crippen molar-refractivity contribution in [1.82, 2.24) is 9.88 Å². The quantitative estimate of drug-likeness (QED) is 0.422. The number of hydrogen-bond acceptors (Lipinski definition) is 4. The van der Waals surface area contributed by atoms with E-state index in [4.69, 9.17) is 15.9 Å². The summed E-state index contributed by atoms with van der Waals surface area (Å²) in [6, 6.07) is 3.47. The number of aromatic nitrogens is 1. The average Bonchev–Trinajstić information content (AvgIpc) is 2.24. The normalized spacial score (nSPS) is 10.4. The van der Waals surface area contributed by atoms with Crippen molar-refractivity contribution in [2.24, 2.45) is 5.73 Å². The van der Waals surface area contributed by atoms with Gasteiger partial charge in [0, 0.05) is 12.7 Å². The lowest BCUT2D eigenvalue weighted by Gasteiger charge is -2.11. The highest BCUT2D eigenvalue weighted by molar-refractivity contribution is 5.96. The van der Waals surface area contributed by atoms with Gasteiger partial charge in [-0.05, 0) is 32.6 Å². The second-order valence-electron chi connectivity index (χ2n) is 3.78. The number of nitrogen functional groups attached to an aromatic ring is 1. The summed E-state index contributed by atoms with van der Waals surface area (Å²) in [6.07, 6.45) is 2.55. The van der Waals surface area contributed by atoms with Crippen LogP contribution in [-0.4, -0.2) is 43.0 Å². The maximum atomic E-state index is 7.37. The Kier molecular flexibility index (Phi) is 4.72. The number of nitrogens with zero attached hydrogens (tertiary/aromatic N) is 2. The van der Waals surface area contributed by atoms with Crippen molar-refractivity contribution in [3.63, 3.8) is 0 Å². The molecule has 0 aliphatic heterocycles. The lowest BCUT2D eigenvalue weighted by molar-refractivity contribution is 0.273. The van der Waals surface area contributed by atoms with E-state index in [1.54, 1.807) is 18.3 Å². The molecule has 0 aliphatic carbocycles. The molecule has 0 fully saturated rings. The van der Waals surface area contributed by atoms with E-state index in [0.717, 1.165) is 13.0 Å². The van der Waals surface area contributed by atoms with Gasteiger partial charge in [0.1, 0.15) is 5.84 Å². The molecule has 1 rings (SSSR count). The fraction of sp³-hybridized carbons (Fsp3) is 0.455. The lowest BCUT2D eigenvalue weighted by atomic mass is 10.2. The first kappa shape index (κ1) is 12.4. The van der Waals surface area contributed by atoms with E-state index < -0.39 is 0 Å². The second kappa shape index (κ2) is 6.07. The zero-order valence-corrected chi connectivity index (χ0v) is 9.73. The zero-order chi connectivity index (χ0) is 12.0. The van der Waals surface area contributed by atoms with Gasteiger partial charge in [0.2, 0.25) is 5.88 Å². The van der Waals surface area contributed by atoms with Crippen LogP contribution < -0.4 is 10.5 Å². The minimum atomic E-state index is -0.0179. The van der Waals surface area contributed by atoms with Crippen LogP contribution in [0.1, 0.15) is 12.0 Å². The highest BCUT2D eigenvalue weighted by Crippen LogP contribution is 2.13. The molecule has 1 aromatic rings. The second-order valence-corrected chi connectivity index (χ2v) is 3.78. The van der Waals surface area contributed by atoms with Gasteiger partial charge in [-0.25, -0.2) is 4.98 Å². The van der Waals surface area contributed by atoms with E-state index in [-0.39, 0.29) is 5.84 Å². The number of rotatable bonds is 6. The molecular weight excluding hydrogens is 204 g/mol. The Labute approximate surface area is 95.7 Å². The van der Waals surface area contributed by atoms with E-state index in [9.17, 15) is 0 Å². The summed E-state index contributed by atoms with van der Waals surface area (Å²) in [4.78, 5) is 6.15. The summed E-state index contributed by atoms with van der Waals surface area (Å²) in [7, 11) is 4.03. The highest BCUT2D eigenvalue weighted by atomic mass is 16.5. The Balaban J connectivity index is 2.50. The Morgan fingerprint density at radius 3 is 2.94 bits per heavy atom. The molecular formula is C11H18N4O. The molecule has 88 valence electrons. The van der Waals surface area contributed by atoms with Gasteiger partial charge < -0.3 is 15.4 Å².